The summed E-state index contributed by atoms with van der Waals surface area (Å²) in [5.41, 5.74) is 0.994. The van der Waals surface area contributed by atoms with Crippen molar-refractivity contribution in [2.75, 3.05) is 33.7 Å². The normalized spacial score (nSPS) is 22.2. The molecule has 0 radical (unpaired) electrons. The summed E-state index contributed by atoms with van der Waals surface area (Å²) in [6.07, 6.45) is 2.75. The molecule has 0 unspecified atom stereocenters. The third kappa shape index (κ3) is 4.55. The number of aryl methyl sites for hydroxylation is 2. The van der Waals surface area contributed by atoms with Crippen LogP contribution in [0.2, 0.25) is 0 Å². The molecule has 6 heteroatoms. The molecule has 1 fully saturated rings. The van der Waals surface area contributed by atoms with E-state index in [0.717, 1.165) is 43.8 Å². The summed E-state index contributed by atoms with van der Waals surface area (Å²) >= 11 is 0. The molecule has 6 nitrogen and oxygen atoms in total. The first-order valence-corrected chi connectivity index (χ1v) is 8.04. The summed E-state index contributed by atoms with van der Waals surface area (Å²) in [7, 11) is 3.51. The lowest BCUT2D eigenvalue weighted by molar-refractivity contribution is -0.130. The lowest BCUT2D eigenvalue weighted by Gasteiger charge is -2.17. The molecule has 0 aliphatic carbocycles. The minimum absolute atomic E-state index is 0.0480. The first-order valence-electron chi connectivity index (χ1n) is 8.04. The molecule has 1 aliphatic heterocycles. The SMILES string of the molecule is CCc1cc(CCCN2C[C@@H](CC(=O)N(C)C)[C@H](O)C2)on1. The molecule has 124 valence electrons. The summed E-state index contributed by atoms with van der Waals surface area (Å²) in [6, 6.07) is 2.01. The van der Waals surface area contributed by atoms with E-state index in [1.807, 2.05) is 6.07 Å². The molecular weight excluding hydrogens is 282 g/mol. The third-order valence-corrected chi connectivity index (χ3v) is 4.29. The molecule has 1 saturated heterocycles. The van der Waals surface area contributed by atoms with Crippen LogP contribution in [-0.4, -0.2) is 65.8 Å². The van der Waals surface area contributed by atoms with E-state index in [2.05, 4.69) is 17.0 Å². The highest BCUT2D eigenvalue weighted by Gasteiger charge is 2.32. The number of β-amino-alcohol motifs (C(OH)–C–C–N with tert-alkyl or cyclic N) is 1. The fraction of sp³-hybridized carbons (Fsp3) is 0.750. The highest BCUT2D eigenvalue weighted by Crippen LogP contribution is 2.21. The standard InChI is InChI=1S/C16H27N3O3/c1-4-13-9-14(22-17-13)6-5-7-19-10-12(15(20)11-19)8-16(21)18(2)3/h9,12,15,20H,4-8,10-11H2,1-3H3/t12-,15-/m1/s1. The summed E-state index contributed by atoms with van der Waals surface area (Å²) < 4.78 is 5.27. The average molecular weight is 309 g/mol. The Morgan fingerprint density at radius 3 is 2.91 bits per heavy atom. The molecule has 1 aliphatic rings. The number of hydrogen-bond donors (Lipinski definition) is 1. The van der Waals surface area contributed by atoms with E-state index in [-0.39, 0.29) is 11.8 Å². The Morgan fingerprint density at radius 1 is 1.50 bits per heavy atom. The van der Waals surface area contributed by atoms with Crippen LogP contribution < -0.4 is 0 Å². The monoisotopic (exact) mass is 309 g/mol. The Balaban J connectivity index is 1.72. The van der Waals surface area contributed by atoms with Gasteiger partial charge in [-0.2, -0.15) is 0 Å². The minimum Gasteiger partial charge on any atom is -0.391 e. The molecule has 2 atom stereocenters. The molecule has 1 amide bonds. The van der Waals surface area contributed by atoms with E-state index in [9.17, 15) is 9.90 Å². The number of likely N-dealkylation sites (tertiary alicyclic amines) is 1. The van der Waals surface area contributed by atoms with Crippen molar-refractivity contribution in [2.45, 2.75) is 38.7 Å². The lowest BCUT2D eigenvalue weighted by atomic mass is 10.0. The van der Waals surface area contributed by atoms with Crippen molar-refractivity contribution in [1.29, 1.82) is 0 Å². The van der Waals surface area contributed by atoms with Crippen LogP contribution in [-0.2, 0) is 17.6 Å². The van der Waals surface area contributed by atoms with Crippen molar-refractivity contribution in [1.82, 2.24) is 15.0 Å². The number of carbonyl (C=O) groups excluding carboxylic acids is 1. The molecular formula is C16H27N3O3. The maximum absolute atomic E-state index is 11.8. The number of nitrogens with zero attached hydrogens (tertiary/aromatic N) is 3. The predicted octanol–water partition coefficient (Wildman–Crippen LogP) is 0.941. The van der Waals surface area contributed by atoms with Crippen LogP contribution in [0.5, 0.6) is 0 Å². The van der Waals surface area contributed by atoms with Gasteiger partial charge in [-0.05, 0) is 19.4 Å². The number of aromatic nitrogens is 1. The molecule has 0 saturated carbocycles. The molecule has 1 aromatic heterocycles. The van der Waals surface area contributed by atoms with Gasteiger partial charge in [-0.15, -0.1) is 0 Å². The van der Waals surface area contributed by atoms with Crippen LogP contribution >= 0.6 is 0 Å². The topological polar surface area (TPSA) is 69.8 Å². The molecule has 1 aromatic rings. The van der Waals surface area contributed by atoms with E-state index in [1.54, 1.807) is 19.0 Å². The number of carbonyl (C=O) groups is 1. The Bertz CT molecular complexity index is 487. The number of aliphatic hydroxyl groups excluding tert-OH is 1. The van der Waals surface area contributed by atoms with Gasteiger partial charge in [-0.25, -0.2) is 0 Å². The van der Waals surface area contributed by atoms with Crippen molar-refractivity contribution < 1.29 is 14.4 Å². The van der Waals surface area contributed by atoms with Gasteiger partial charge >= 0.3 is 0 Å². The fourth-order valence-corrected chi connectivity index (χ4v) is 2.85. The van der Waals surface area contributed by atoms with E-state index in [0.29, 0.717) is 13.0 Å². The van der Waals surface area contributed by atoms with Crippen LogP contribution in [0.3, 0.4) is 0 Å². The van der Waals surface area contributed by atoms with Gasteiger partial charge in [0.25, 0.3) is 0 Å². The highest BCUT2D eigenvalue weighted by molar-refractivity contribution is 5.75. The number of rotatable bonds is 7. The molecule has 2 rings (SSSR count). The van der Waals surface area contributed by atoms with E-state index >= 15 is 0 Å². The Labute approximate surface area is 132 Å². The quantitative estimate of drug-likeness (QED) is 0.812. The molecule has 22 heavy (non-hydrogen) atoms. The minimum atomic E-state index is -0.402. The average Bonchev–Trinajstić information content (AvgIpc) is 3.06. The molecule has 0 bridgehead atoms. The molecule has 0 aromatic carbocycles. The van der Waals surface area contributed by atoms with Gasteiger partial charge in [-0.1, -0.05) is 12.1 Å². The van der Waals surface area contributed by atoms with Crippen molar-refractivity contribution in [3.8, 4) is 0 Å². The molecule has 1 N–H and O–H groups in total. The molecule has 2 heterocycles. The maximum Gasteiger partial charge on any atom is 0.222 e. The summed E-state index contributed by atoms with van der Waals surface area (Å²) in [5.74, 6) is 1.06. The van der Waals surface area contributed by atoms with Crippen molar-refractivity contribution in [2.24, 2.45) is 5.92 Å². The zero-order valence-corrected chi connectivity index (χ0v) is 13.8. The highest BCUT2D eigenvalue weighted by atomic mass is 16.5. The molecule has 0 spiro atoms. The predicted molar refractivity (Wildman–Crippen MR) is 83.4 cm³/mol. The summed E-state index contributed by atoms with van der Waals surface area (Å²) in [4.78, 5) is 15.6. The van der Waals surface area contributed by atoms with Gasteiger partial charge in [-0.3, -0.25) is 4.79 Å². The number of hydrogen-bond acceptors (Lipinski definition) is 5. The van der Waals surface area contributed by atoms with E-state index in [4.69, 9.17) is 4.52 Å². The van der Waals surface area contributed by atoms with Gasteiger partial charge in [0, 0.05) is 52.0 Å². The van der Waals surface area contributed by atoms with Gasteiger partial charge < -0.3 is 19.4 Å². The van der Waals surface area contributed by atoms with Gasteiger partial charge in [0.05, 0.1) is 11.8 Å². The zero-order chi connectivity index (χ0) is 16.1. The Morgan fingerprint density at radius 2 is 2.27 bits per heavy atom. The van der Waals surface area contributed by atoms with Crippen LogP contribution in [0, 0.1) is 5.92 Å². The zero-order valence-electron chi connectivity index (χ0n) is 13.8. The smallest absolute Gasteiger partial charge is 0.222 e. The second-order valence-corrected chi connectivity index (χ2v) is 6.32. The van der Waals surface area contributed by atoms with E-state index in [1.165, 1.54) is 0 Å². The summed E-state index contributed by atoms with van der Waals surface area (Å²) in [6.45, 7) is 4.41. The van der Waals surface area contributed by atoms with Crippen molar-refractivity contribution >= 4 is 5.91 Å². The number of amides is 1. The van der Waals surface area contributed by atoms with Crippen molar-refractivity contribution in [3.63, 3.8) is 0 Å². The Hall–Kier alpha value is -1.40. The second kappa shape index (κ2) is 7.74. The first-order chi connectivity index (χ1) is 10.5. The fourth-order valence-electron chi connectivity index (χ4n) is 2.85. The van der Waals surface area contributed by atoms with Crippen LogP contribution in [0.15, 0.2) is 10.6 Å². The van der Waals surface area contributed by atoms with Crippen molar-refractivity contribution in [3.05, 3.63) is 17.5 Å². The second-order valence-electron chi connectivity index (χ2n) is 6.32. The maximum atomic E-state index is 11.8. The summed E-state index contributed by atoms with van der Waals surface area (Å²) in [5, 5.41) is 14.1. The van der Waals surface area contributed by atoms with Crippen LogP contribution in [0.4, 0.5) is 0 Å². The van der Waals surface area contributed by atoms with Crippen LogP contribution in [0.1, 0.15) is 31.2 Å². The van der Waals surface area contributed by atoms with E-state index < -0.39 is 6.10 Å². The van der Waals surface area contributed by atoms with Gasteiger partial charge in [0.2, 0.25) is 5.91 Å². The first kappa shape index (κ1) is 17.0. The number of aliphatic hydroxyl groups is 1. The van der Waals surface area contributed by atoms with Gasteiger partial charge in [0.15, 0.2) is 0 Å². The largest absolute Gasteiger partial charge is 0.391 e. The Kier molecular flexibility index (Phi) is 5.97. The van der Waals surface area contributed by atoms with Gasteiger partial charge in [0.1, 0.15) is 5.76 Å². The third-order valence-electron chi connectivity index (χ3n) is 4.29. The lowest BCUT2D eigenvalue weighted by Crippen LogP contribution is -2.28. The van der Waals surface area contributed by atoms with Crippen LogP contribution in [0.25, 0.3) is 0 Å².